The van der Waals surface area contributed by atoms with Gasteiger partial charge in [-0.25, -0.2) is 4.79 Å². The lowest BCUT2D eigenvalue weighted by atomic mass is 10.2. The van der Waals surface area contributed by atoms with Gasteiger partial charge in [-0.3, -0.25) is 14.5 Å². The molecule has 3 N–H and O–H groups in total. The van der Waals surface area contributed by atoms with Crippen molar-refractivity contribution in [3.63, 3.8) is 0 Å². The molecule has 1 aliphatic heterocycles. The monoisotopic (exact) mass is 303 g/mol. The third kappa shape index (κ3) is 5.28. The molecule has 1 fully saturated rings. The highest BCUT2D eigenvalue weighted by Gasteiger charge is 2.36. The molecule has 0 aromatic rings. The number of hydrogen-bond acceptors (Lipinski definition) is 5. The van der Waals surface area contributed by atoms with E-state index in [9.17, 15) is 14.4 Å². The molecule has 0 saturated carbocycles. The van der Waals surface area contributed by atoms with Crippen molar-refractivity contribution in [2.75, 3.05) is 18.2 Å². The van der Waals surface area contributed by atoms with Gasteiger partial charge in [0, 0.05) is 18.7 Å². The van der Waals surface area contributed by atoms with E-state index in [0.29, 0.717) is 11.6 Å². The SMILES string of the molecule is CC(C)(C)OC(=O)N1CSC[C@H]1C(=O)NCCC(N)=O. The first-order chi connectivity index (χ1) is 9.20. The number of carbonyl (C=O) groups is 3. The van der Waals surface area contributed by atoms with Crippen molar-refractivity contribution in [1.82, 2.24) is 10.2 Å². The quantitative estimate of drug-likeness (QED) is 0.777. The van der Waals surface area contributed by atoms with Gasteiger partial charge in [-0.15, -0.1) is 11.8 Å². The molecule has 0 aromatic carbocycles. The number of hydrogen-bond donors (Lipinski definition) is 2. The Morgan fingerprint density at radius 3 is 2.60 bits per heavy atom. The van der Waals surface area contributed by atoms with Crippen molar-refractivity contribution in [2.45, 2.75) is 38.8 Å². The van der Waals surface area contributed by atoms with Crippen molar-refractivity contribution in [2.24, 2.45) is 5.73 Å². The summed E-state index contributed by atoms with van der Waals surface area (Å²) >= 11 is 1.49. The van der Waals surface area contributed by atoms with Gasteiger partial charge in [0.25, 0.3) is 0 Å². The van der Waals surface area contributed by atoms with Crippen LogP contribution in [0.4, 0.5) is 4.79 Å². The fourth-order valence-corrected chi connectivity index (χ4v) is 2.73. The zero-order valence-corrected chi connectivity index (χ0v) is 12.8. The lowest BCUT2D eigenvalue weighted by Gasteiger charge is -2.27. The van der Waals surface area contributed by atoms with Crippen LogP contribution in [0.1, 0.15) is 27.2 Å². The van der Waals surface area contributed by atoms with E-state index in [1.165, 1.54) is 16.7 Å². The van der Waals surface area contributed by atoms with E-state index < -0.39 is 23.6 Å². The highest BCUT2D eigenvalue weighted by atomic mass is 32.2. The van der Waals surface area contributed by atoms with Crippen LogP contribution in [-0.2, 0) is 14.3 Å². The Morgan fingerprint density at radius 2 is 2.05 bits per heavy atom. The summed E-state index contributed by atoms with van der Waals surface area (Å²) in [6.07, 6.45) is -0.421. The van der Waals surface area contributed by atoms with Gasteiger partial charge in [0.05, 0.1) is 5.88 Å². The van der Waals surface area contributed by atoms with Gasteiger partial charge in [-0.1, -0.05) is 0 Å². The molecule has 20 heavy (non-hydrogen) atoms. The first-order valence-electron chi connectivity index (χ1n) is 6.34. The third-order valence-corrected chi connectivity index (χ3v) is 3.50. The number of primary amides is 1. The van der Waals surface area contributed by atoms with Crippen molar-refractivity contribution in [1.29, 1.82) is 0 Å². The zero-order chi connectivity index (χ0) is 15.3. The Bertz CT molecular complexity index is 395. The fraction of sp³-hybridized carbons (Fsp3) is 0.750. The van der Waals surface area contributed by atoms with Crippen LogP contribution in [0, 0.1) is 0 Å². The van der Waals surface area contributed by atoms with Crippen molar-refractivity contribution in [3.05, 3.63) is 0 Å². The van der Waals surface area contributed by atoms with Crippen LogP contribution in [0.25, 0.3) is 0 Å². The third-order valence-electron chi connectivity index (χ3n) is 2.48. The molecule has 0 unspecified atom stereocenters. The average molecular weight is 303 g/mol. The van der Waals surface area contributed by atoms with Gasteiger partial charge in [-0.05, 0) is 20.8 Å². The largest absolute Gasteiger partial charge is 0.444 e. The van der Waals surface area contributed by atoms with Gasteiger partial charge in [-0.2, -0.15) is 0 Å². The standard InChI is InChI=1S/C12H21N3O4S/c1-12(2,3)19-11(18)15-7-20-6-8(15)10(17)14-5-4-9(13)16/h8H,4-7H2,1-3H3,(H2,13,16)(H,14,17)/t8-/m0/s1. The van der Waals surface area contributed by atoms with Crippen LogP contribution < -0.4 is 11.1 Å². The maximum atomic E-state index is 12.0. The fourth-order valence-electron chi connectivity index (χ4n) is 1.59. The van der Waals surface area contributed by atoms with Crippen LogP contribution in [0.15, 0.2) is 0 Å². The van der Waals surface area contributed by atoms with Gasteiger partial charge in [0.1, 0.15) is 11.6 Å². The first-order valence-corrected chi connectivity index (χ1v) is 7.49. The summed E-state index contributed by atoms with van der Waals surface area (Å²) in [5, 5.41) is 2.60. The second-order valence-corrected chi connectivity index (χ2v) is 6.47. The molecule has 0 bridgehead atoms. The number of amides is 3. The first kappa shape index (κ1) is 16.6. The second kappa shape index (κ2) is 6.83. The molecule has 114 valence electrons. The summed E-state index contributed by atoms with van der Waals surface area (Å²) in [6.45, 7) is 5.50. The smallest absolute Gasteiger partial charge is 0.411 e. The Balaban J connectivity index is 2.53. The molecular formula is C12H21N3O4S. The van der Waals surface area contributed by atoms with Gasteiger partial charge < -0.3 is 15.8 Å². The predicted octanol–water partition coefficient (Wildman–Crippen LogP) is 0.288. The molecule has 1 heterocycles. The minimum absolute atomic E-state index is 0.0814. The van der Waals surface area contributed by atoms with E-state index in [2.05, 4.69) is 5.32 Å². The maximum absolute atomic E-state index is 12.0. The molecule has 1 aliphatic rings. The van der Waals surface area contributed by atoms with E-state index >= 15 is 0 Å². The van der Waals surface area contributed by atoms with E-state index in [1.807, 2.05) is 0 Å². The molecule has 0 radical (unpaired) electrons. The Hall–Kier alpha value is -1.44. The number of ether oxygens (including phenoxy) is 1. The summed E-state index contributed by atoms with van der Waals surface area (Å²) in [4.78, 5) is 36.0. The molecule has 0 spiro atoms. The predicted molar refractivity (Wildman–Crippen MR) is 76.0 cm³/mol. The van der Waals surface area contributed by atoms with Crippen LogP contribution in [0.3, 0.4) is 0 Å². The maximum Gasteiger partial charge on any atom is 0.411 e. The molecule has 7 nitrogen and oxygen atoms in total. The molecule has 3 amide bonds. The Labute approximate surface area is 122 Å². The molecule has 1 rings (SSSR count). The number of nitrogens with zero attached hydrogens (tertiary/aromatic N) is 1. The normalized spacial score (nSPS) is 18.8. The lowest BCUT2D eigenvalue weighted by Crippen LogP contribution is -2.49. The summed E-state index contributed by atoms with van der Waals surface area (Å²) in [5.74, 6) is 0.169. The number of thioether (sulfide) groups is 1. The van der Waals surface area contributed by atoms with Crippen molar-refractivity contribution in [3.8, 4) is 0 Å². The van der Waals surface area contributed by atoms with Crippen LogP contribution in [0.5, 0.6) is 0 Å². The summed E-state index contributed by atoms with van der Waals surface area (Å²) < 4.78 is 5.26. The summed E-state index contributed by atoms with van der Waals surface area (Å²) in [7, 11) is 0. The topological polar surface area (TPSA) is 102 Å². The minimum atomic E-state index is -0.600. The molecule has 8 heteroatoms. The zero-order valence-electron chi connectivity index (χ0n) is 12.0. The van der Waals surface area contributed by atoms with E-state index in [0.717, 1.165) is 0 Å². The second-order valence-electron chi connectivity index (χ2n) is 5.47. The van der Waals surface area contributed by atoms with E-state index in [-0.39, 0.29) is 18.9 Å². The molecule has 1 saturated heterocycles. The van der Waals surface area contributed by atoms with Gasteiger partial charge >= 0.3 is 6.09 Å². The molecule has 0 aromatic heterocycles. The van der Waals surface area contributed by atoms with E-state index in [4.69, 9.17) is 10.5 Å². The molecule has 1 atom stereocenters. The Morgan fingerprint density at radius 1 is 1.40 bits per heavy atom. The molecule has 0 aliphatic carbocycles. The number of rotatable bonds is 4. The van der Waals surface area contributed by atoms with Crippen molar-refractivity contribution < 1.29 is 19.1 Å². The lowest BCUT2D eigenvalue weighted by molar-refractivity contribution is -0.125. The Kier molecular flexibility index (Phi) is 5.67. The van der Waals surface area contributed by atoms with Gasteiger partial charge in [0.15, 0.2) is 0 Å². The van der Waals surface area contributed by atoms with Crippen LogP contribution >= 0.6 is 11.8 Å². The van der Waals surface area contributed by atoms with Crippen molar-refractivity contribution >= 4 is 29.7 Å². The van der Waals surface area contributed by atoms with Crippen LogP contribution in [0.2, 0.25) is 0 Å². The van der Waals surface area contributed by atoms with E-state index in [1.54, 1.807) is 20.8 Å². The minimum Gasteiger partial charge on any atom is -0.444 e. The van der Waals surface area contributed by atoms with Crippen LogP contribution in [-0.4, -0.2) is 52.6 Å². The number of carbonyl (C=O) groups excluding carboxylic acids is 3. The number of nitrogens with one attached hydrogen (secondary N) is 1. The highest BCUT2D eigenvalue weighted by molar-refractivity contribution is 7.99. The summed E-state index contributed by atoms with van der Waals surface area (Å²) in [5.41, 5.74) is 4.40. The highest BCUT2D eigenvalue weighted by Crippen LogP contribution is 2.23. The summed E-state index contributed by atoms with van der Waals surface area (Å²) in [6, 6.07) is -0.567. The van der Waals surface area contributed by atoms with Gasteiger partial charge in [0.2, 0.25) is 11.8 Å². The molecular weight excluding hydrogens is 282 g/mol. The number of nitrogens with two attached hydrogens (primary N) is 1. The average Bonchev–Trinajstić information content (AvgIpc) is 2.74.